The summed E-state index contributed by atoms with van der Waals surface area (Å²) in [7, 11) is 0. The molecule has 2 aliphatic rings. The molecule has 2 fully saturated rings. The van der Waals surface area contributed by atoms with Crippen molar-refractivity contribution in [3.8, 4) is 0 Å². The first-order chi connectivity index (χ1) is 13.2. The van der Waals surface area contributed by atoms with Crippen LogP contribution < -0.4 is 4.90 Å². The molecule has 0 bridgehead atoms. The largest absolute Gasteiger partial charge is 0.355 e. The van der Waals surface area contributed by atoms with Crippen molar-refractivity contribution in [1.29, 1.82) is 0 Å². The number of amides is 1. The second-order valence-corrected chi connectivity index (χ2v) is 7.86. The summed E-state index contributed by atoms with van der Waals surface area (Å²) < 4.78 is 1.88. The van der Waals surface area contributed by atoms with E-state index in [2.05, 4.69) is 20.0 Å². The fourth-order valence-corrected chi connectivity index (χ4v) is 4.34. The molecular formula is C19H25ClN6O. The van der Waals surface area contributed by atoms with Crippen LogP contribution in [0.25, 0.3) is 0 Å². The second kappa shape index (κ2) is 8.25. The molecule has 4 rings (SSSR count). The molecule has 0 aromatic carbocycles. The standard InChI is InChI=1S/C19H25ClN6O/c20-17-9-16(19(27)24-6-2-1-3-7-24)10-22-18(17)25-8-4-5-15(11-25)12-26-14-21-13-23-26/h9-10,13-15H,1-8,11-12H2. The molecule has 144 valence electrons. The summed E-state index contributed by atoms with van der Waals surface area (Å²) >= 11 is 6.53. The SMILES string of the molecule is O=C(c1cnc(N2CCCC(Cn3cncn3)C2)c(Cl)c1)N1CCCCC1. The van der Waals surface area contributed by atoms with E-state index >= 15 is 0 Å². The number of nitrogens with zero attached hydrogens (tertiary/aromatic N) is 6. The van der Waals surface area contributed by atoms with Crippen molar-refractivity contribution < 1.29 is 4.79 Å². The number of aromatic nitrogens is 4. The number of hydrogen-bond donors (Lipinski definition) is 0. The van der Waals surface area contributed by atoms with E-state index < -0.39 is 0 Å². The Balaban J connectivity index is 1.44. The van der Waals surface area contributed by atoms with Crippen LogP contribution in [0.5, 0.6) is 0 Å². The summed E-state index contributed by atoms with van der Waals surface area (Å²) in [5.41, 5.74) is 0.585. The van der Waals surface area contributed by atoms with E-state index in [0.29, 0.717) is 16.5 Å². The molecule has 8 heteroatoms. The highest BCUT2D eigenvalue weighted by Gasteiger charge is 2.25. The van der Waals surface area contributed by atoms with Crippen molar-refractivity contribution >= 4 is 23.3 Å². The number of anilines is 1. The third-order valence-electron chi connectivity index (χ3n) is 5.44. The van der Waals surface area contributed by atoms with Gasteiger partial charge >= 0.3 is 0 Å². The Kier molecular flexibility index (Phi) is 5.57. The predicted octanol–water partition coefficient (Wildman–Crippen LogP) is 2.87. The van der Waals surface area contributed by atoms with Crippen molar-refractivity contribution in [3.63, 3.8) is 0 Å². The van der Waals surface area contributed by atoms with Gasteiger partial charge in [-0.3, -0.25) is 9.48 Å². The molecule has 0 spiro atoms. The highest BCUT2D eigenvalue weighted by molar-refractivity contribution is 6.33. The third kappa shape index (κ3) is 4.24. The normalized spacial score (nSPS) is 20.7. The van der Waals surface area contributed by atoms with Gasteiger partial charge in [0.1, 0.15) is 18.5 Å². The van der Waals surface area contributed by atoms with Gasteiger partial charge < -0.3 is 9.80 Å². The van der Waals surface area contributed by atoms with Gasteiger partial charge in [0.25, 0.3) is 5.91 Å². The average Bonchev–Trinajstić information content (AvgIpc) is 3.21. The Morgan fingerprint density at radius 2 is 2.04 bits per heavy atom. The van der Waals surface area contributed by atoms with E-state index in [4.69, 9.17) is 11.6 Å². The second-order valence-electron chi connectivity index (χ2n) is 7.45. The monoisotopic (exact) mass is 388 g/mol. The fourth-order valence-electron chi connectivity index (χ4n) is 4.06. The van der Waals surface area contributed by atoms with Crippen molar-refractivity contribution in [2.24, 2.45) is 5.92 Å². The molecule has 2 saturated heterocycles. The molecule has 0 radical (unpaired) electrons. The van der Waals surface area contributed by atoms with Gasteiger partial charge in [0.05, 0.1) is 10.6 Å². The minimum atomic E-state index is 0.0401. The Bertz CT molecular complexity index is 775. The van der Waals surface area contributed by atoms with Crippen molar-refractivity contribution in [2.75, 3.05) is 31.1 Å². The van der Waals surface area contributed by atoms with Gasteiger partial charge in [-0.25, -0.2) is 9.97 Å². The zero-order valence-electron chi connectivity index (χ0n) is 15.4. The van der Waals surface area contributed by atoms with Gasteiger partial charge in [-0.05, 0) is 44.1 Å². The topological polar surface area (TPSA) is 67.2 Å². The fraction of sp³-hybridized carbons (Fsp3) is 0.579. The molecule has 1 amide bonds. The molecule has 4 heterocycles. The Morgan fingerprint density at radius 3 is 2.78 bits per heavy atom. The van der Waals surface area contributed by atoms with E-state index in [0.717, 1.165) is 64.2 Å². The molecule has 0 aliphatic carbocycles. The van der Waals surface area contributed by atoms with E-state index in [1.54, 1.807) is 24.9 Å². The molecule has 7 nitrogen and oxygen atoms in total. The summed E-state index contributed by atoms with van der Waals surface area (Å²) in [4.78, 5) is 25.4. The lowest BCUT2D eigenvalue weighted by Crippen LogP contribution is -2.38. The average molecular weight is 389 g/mol. The lowest BCUT2D eigenvalue weighted by molar-refractivity contribution is 0.0724. The molecule has 27 heavy (non-hydrogen) atoms. The van der Waals surface area contributed by atoms with Crippen LogP contribution in [0.1, 0.15) is 42.5 Å². The van der Waals surface area contributed by atoms with Crippen LogP contribution in [0.4, 0.5) is 5.82 Å². The van der Waals surface area contributed by atoms with Crippen LogP contribution in [-0.2, 0) is 6.54 Å². The predicted molar refractivity (Wildman–Crippen MR) is 104 cm³/mol. The summed E-state index contributed by atoms with van der Waals surface area (Å²) in [5, 5.41) is 4.76. The Morgan fingerprint density at radius 1 is 1.19 bits per heavy atom. The lowest BCUT2D eigenvalue weighted by atomic mass is 9.98. The lowest BCUT2D eigenvalue weighted by Gasteiger charge is -2.34. The van der Waals surface area contributed by atoms with Crippen LogP contribution in [0, 0.1) is 5.92 Å². The molecule has 0 N–H and O–H groups in total. The molecule has 2 aliphatic heterocycles. The smallest absolute Gasteiger partial charge is 0.255 e. The van der Waals surface area contributed by atoms with Gasteiger partial charge in [-0.15, -0.1) is 0 Å². The molecule has 0 saturated carbocycles. The molecule has 2 aromatic heterocycles. The van der Waals surface area contributed by atoms with Crippen molar-refractivity contribution in [1.82, 2.24) is 24.6 Å². The number of likely N-dealkylation sites (tertiary alicyclic amines) is 1. The number of pyridine rings is 1. The zero-order valence-corrected chi connectivity index (χ0v) is 16.2. The van der Waals surface area contributed by atoms with Crippen LogP contribution in [0.15, 0.2) is 24.9 Å². The van der Waals surface area contributed by atoms with Gasteiger partial charge in [0.2, 0.25) is 0 Å². The van der Waals surface area contributed by atoms with Crippen LogP contribution in [-0.4, -0.2) is 56.7 Å². The van der Waals surface area contributed by atoms with E-state index in [1.807, 2.05) is 9.58 Å². The van der Waals surface area contributed by atoms with Gasteiger partial charge in [0, 0.05) is 38.9 Å². The van der Waals surface area contributed by atoms with E-state index in [1.165, 1.54) is 6.42 Å². The summed E-state index contributed by atoms with van der Waals surface area (Å²) in [5.74, 6) is 1.29. The van der Waals surface area contributed by atoms with Crippen LogP contribution >= 0.6 is 11.6 Å². The van der Waals surface area contributed by atoms with Gasteiger partial charge in [-0.2, -0.15) is 5.10 Å². The maximum Gasteiger partial charge on any atom is 0.255 e. The third-order valence-corrected chi connectivity index (χ3v) is 5.72. The Hall–Kier alpha value is -2.15. The van der Waals surface area contributed by atoms with Crippen LogP contribution in [0.3, 0.4) is 0 Å². The quantitative estimate of drug-likeness (QED) is 0.805. The molecule has 1 atom stereocenters. The Labute approximate surface area is 164 Å². The number of halogens is 1. The van der Waals surface area contributed by atoms with E-state index in [9.17, 15) is 4.79 Å². The number of carbonyl (C=O) groups excluding carboxylic acids is 1. The van der Waals surface area contributed by atoms with Gasteiger partial charge in [0.15, 0.2) is 0 Å². The van der Waals surface area contributed by atoms with Crippen LogP contribution in [0.2, 0.25) is 5.02 Å². The van der Waals surface area contributed by atoms with Crippen molar-refractivity contribution in [2.45, 2.75) is 38.6 Å². The number of rotatable bonds is 4. The summed E-state index contributed by atoms with van der Waals surface area (Å²) in [6.07, 6.45) is 10.6. The summed E-state index contributed by atoms with van der Waals surface area (Å²) in [6.45, 7) is 4.31. The van der Waals surface area contributed by atoms with E-state index in [-0.39, 0.29) is 5.91 Å². The van der Waals surface area contributed by atoms with Gasteiger partial charge in [-0.1, -0.05) is 11.6 Å². The zero-order chi connectivity index (χ0) is 18.6. The highest BCUT2D eigenvalue weighted by Crippen LogP contribution is 2.29. The number of hydrogen-bond acceptors (Lipinski definition) is 5. The molecule has 1 unspecified atom stereocenters. The number of carbonyl (C=O) groups is 1. The molecular weight excluding hydrogens is 364 g/mol. The minimum Gasteiger partial charge on any atom is -0.355 e. The minimum absolute atomic E-state index is 0.0401. The first-order valence-corrected chi connectivity index (χ1v) is 10.1. The maximum absolute atomic E-state index is 12.7. The first-order valence-electron chi connectivity index (χ1n) is 9.73. The van der Waals surface area contributed by atoms with Crippen molar-refractivity contribution in [3.05, 3.63) is 35.5 Å². The summed E-state index contributed by atoms with van der Waals surface area (Å²) in [6, 6.07) is 1.78. The first kappa shape index (κ1) is 18.2. The number of piperidine rings is 2. The molecule has 2 aromatic rings. The highest BCUT2D eigenvalue weighted by atomic mass is 35.5. The maximum atomic E-state index is 12.7.